The predicted molar refractivity (Wildman–Crippen MR) is 67.3 cm³/mol. The lowest BCUT2D eigenvalue weighted by atomic mass is 9.68. The molecule has 0 aliphatic heterocycles. The van der Waals surface area contributed by atoms with Crippen LogP contribution in [0.5, 0.6) is 0 Å². The van der Waals surface area contributed by atoms with E-state index in [1.165, 1.54) is 19.3 Å². The first-order chi connectivity index (χ1) is 7.40. The molecule has 94 valence electrons. The maximum atomic E-state index is 9.09. The lowest BCUT2D eigenvalue weighted by molar-refractivity contribution is 0.101. The van der Waals surface area contributed by atoms with E-state index in [4.69, 9.17) is 5.11 Å². The molecular weight excluding hydrogens is 198 g/mol. The van der Waals surface area contributed by atoms with Crippen molar-refractivity contribution < 1.29 is 5.11 Å². The number of rotatable bonds is 4. The summed E-state index contributed by atoms with van der Waals surface area (Å²) in [6.07, 6.45) is 4.19. The van der Waals surface area contributed by atoms with Crippen LogP contribution in [0, 0.1) is 22.7 Å². The summed E-state index contributed by atoms with van der Waals surface area (Å²) in [6.45, 7) is 10.6. The van der Waals surface area contributed by atoms with Crippen molar-refractivity contribution in [1.29, 1.82) is 0 Å². The summed E-state index contributed by atoms with van der Waals surface area (Å²) in [7, 11) is 0. The summed E-state index contributed by atoms with van der Waals surface area (Å²) in [5.74, 6) is 1.28. The van der Waals surface area contributed by atoms with E-state index in [1.807, 2.05) is 0 Å². The molecule has 0 aromatic carbocycles. The average Bonchev–Trinajstić information content (AvgIpc) is 2.68. The summed E-state index contributed by atoms with van der Waals surface area (Å²) < 4.78 is 0. The van der Waals surface area contributed by atoms with Gasteiger partial charge in [-0.3, -0.25) is 0 Å². The highest BCUT2D eigenvalue weighted by molar-refractivity contribution is 5.11. The molecule has 0 spiro atoms. The fourth-order valence-corrected chi connectivity index (χ4v) is 4.20. The van der Waals surface area contributed by atoms with Crippen LogP contribution in [0.1, 0.15) is 47.0 Å². The van der Waals surface area contributed by atoms with Gasteiger partial charge in [-0.25, -0.2) is 0 Å². The van der Waals surface area contributed by atoms with E-state index < -0.39 is 0 Å². The third kappa shape index (κ3) is 1.80. The fourth-order valence-electron chi connectivity index (χ4n) is 4.20. The molecule has 2 bridgehead atoms. The third-order valence-corrected chi connectivity index (χ3v) is 5.25. The molecule has 2 saturated carbocycles. The molecule has 0 radical (unpaired) electrons. The molecule has 2 fully saturated rings. The minimum absolute atomic E-state index is 0.292. The fraction of sp³-hybridized carbons (Fsp3) is 1.00. The maximum Gasteiger partial charge on any atom is 0.0468 e. The standard InChI is InChI=1S/C14H27NO/c1-10(9-16)8-15-12-13(2,3)11-5-6-14(12,4)7-11/h10-12,15-16H,5-9H2,1-4H3. The normalized spacial score (nSPS) is 42.6. The van der Waals surface area contributed by atoms with Gasteiger partial charge in [0.25, 0.3) is 0 Å². The lowest BCUT2D eigenvalue weighted by Crippen LogP contribution is -2.51. The highest BCUT2D eigenvalue weighted by Crippen LogP contribution is 2.62. The van der Waals surface area contributed by atoms with Crippen molar-refractivity contribution in [2.45, 2.75) is 53.0 Å². The number of fused-ring (bicyclic) bond motifs is 2. The zero-order chi connectivity index (χ0) is 12.0. The van der Waals surface area contributed by atoms with E-state index in [-0.39, 0.29) is 0 Å². The van der Waals surface area contributed by atoms with Crippen molar-refractivity contribution in [3.63, 3.8) is 0 Å². The van der Waals surface area contributed by atoms with E-state index in [2.05, 4.69) is 33.0 Å². The molecule has 0 amide bonds. The minimum Gasteiger partial charge on any atom is -0.396 e. The van der Waals surface area contributed by atoms with Gasteiger partial charge in [-0.2, -0.15) is 0 Å². The minimum atomic E-state index is 0.292. The molecule has 0 heterocycles. The number of aliphatic hydroxyl groups is 1. The number of hydrogen-bond donors (Lipinski definition) is 2. The Morgan fingerprint density at radius 1 is 1.38 bits per heavy atom. The van der Waals surface area contributed by atoms with Crippen molar-refractivity contribution in [2.75, 3.05) is 13.2 Å². The maximum absolute atomic E-state index is 9.09. The first kappa shape index (κ1) is 12.4. The van der Waals surface area contributed by atoms with Crippen molar-refractivity contribution in [1.82, 2.24) is 5.32 Å². The van der Waals surface area contributed by atoms with E-state index in [1.54, 1.807) is 0 Å². The summed E-state index contributed by atoms with van der Waals surface area (Å²) in [4.78, 5) is 0. The molecule has 2 aliphatic rings. The molecule has 2 N–H and O–H groups in total. The Morgan fingerprint density at radius 2 is 2.06 bits per heavy atom. The van der Waals surface area contributed by atoms with Gasteiger partial charge in [-0.15, -0.1) is 0 Å². The largest absolute Gasteiger partial charge is 0.396 e. The molecule has 0 saturated heterocycles. The van der Waals surface area contributed by atoms with Gasteiger partial charge < -0.3 is 10.4 Å². The third-order valence-electron chi connectivity index (χ3n) is 5.25. The lowest BCUT2D eigenvalue weighted by Gasteiger charge is -2.43. The second kappa shape index (κ2) is 3.99. The van der Waals surface area contributed by atoms with E-state index in [9.17, 15) is 0 Å². The molecule has 2 heteroatoms. The summed E-state index contributed by atoms with van der Waals surface area (Å²) >= 11 is 0. The molecule has 16 heavy (non-hydrogen) atoms. The molecule has 4 atom stereocenters. The van der Waals surface area contributed by atoms with E-state index in [0.29, 0.717) is 29.4 Å². The van der Waals surface area contributed by atoms with E-state index in [0.717, 1.165) is 12.5 Å². The molecule has 0 aromatic rings. The molecule has 2 rings (SSSR count). The summed E-state index contributed by atoms with van der Waals surface area (Å²) in [5, 5.41) is 12.8. The van der Waals surface area contributed by atoms with Crippen LogP contribution in [0.2, 0.25) is 0 Å². The number of nitrogens with one attached hydrogen (secondary N) is 1. The molecular formula is C14H27NO. The zero-order valence-electron chi connectivity index (χ0n) is 11.2. The van der Waals surface area contributed by atoms with Gasteiger partial charge in [-0.05, 0) is 41.9 Å². The Hall–Kier alpha value is -0.0800. The average molecular weight is 225 g/mol. The van der Waals surface area contributed by atoms with Gasteiger partial charge in [0, 0.05) is 19.2 Å². The molecule has 2 aliphatic carbocycles. The second-order valence-corrected chi connectivity index (χ2v) is 7.04. The quantitative estimate of drug-likeness (QED) is 0.770. The Balaban J connectivity index is 2.02. The van der Waals surface area contributed by atoms with Crippen molar-refractivity contribution in [2.24, 2.45) is 22.7 Å². The van der Waals surface area contributed by atoms with Crippen molar-refractivity contribution in [3.8, 4) is 0 Å². The Labute approximate surface area is 99.8 Å². The van der Waals surface area contributed by atoms with Gasteiger partial charge in [-0.1, -0.05) is 27.7 Å². The first-order valence-corrected chi connectivity index (χ1v) is 6.74. The Morgan fingerprint density at radius 3 is 2.56 bits per heavy atom. The summed E-state index contributed by atoms with van der Waals surface area (Å²) in [5.41, 5.74) is 0.936. The highest BCUT2D eigenvalue weighted by atomic mass is 16.3. The topological polar surface area (TPSA) is 32.3 Å². The van der Waals surface area contributed by atoms with Gasteiger partial charge in [0.1, 0.15) is 0 Å². The van der Waals surface area contributed by atoms with Crippen LogP contribution in [0.4, 0.5) is 0 Å². The van der Waals surface area contributed by atoms with Crippen LogP contribution in [-0.2, 0) is 0 Å². The van der Waals surface area contributed by atoms with Gasteiger partial charge >= 0.3 is 0 Å². The number of hydrogen-bond acceptors (Lipinski definition) is 2. The molecule has 2 nitrogen and oxygen atoms in total. The van der Waals surface area contributed by atoms with Gasteiger partial charge in [0.2, 0.25) is 0 Å². The van der Waals surface area contributed by atoms with Crippen LogP contribution in [-0.4, -0.2) is 24.3 Å². The number of aliphatic hydroxyl groups excluding tert-OH is 1. The first-order valence-electron chi connectivity index (χ1n) is 6.74. The van der Waals surface area contributed by atoms with Crippen LogP contribution in [0.25, 0.3) is 0 Å². The highest BCUT2D eigenvalue weighted by Gasteiger charge is 2.58. The van der Waals surface area contributed by atoms with Gasteiger partial charge in [0.05, 0.1) is 0 Å². The zero-order valence-corrected chi connectivity index (χ0v) is 11.2. The van der Waals surface area contributed by atoms with Crippen molar-refractivity contribution in [3.05, 3.63) is 0 Å². The monoisotopic (exact) mass is 225 g/mol. The Kier molecular flexibility index (Phi) is 3.09. The SMILES string of the molecule is CC(CO)CNC1C2(C)CCC(C2)C1(C)C. The van der Waals surface area contributed by atoms with Crippen LogP contribution in [0.3, 0.4) is 0 Å². The summed E-state index contributed by atoms with van der Waals surface area (Å²) in [6, 6.07) is 0.632. The molecule has 4 unspecified atom stereocenters. The van der Waals surface area contributed by atoms with Crippen LogP contribution >= 0.6 is 0 Å². The van der Waals surface area contributed by atoms with E-state index >= 15 is 0 Å². The van der Waals surface area contributed by atoms with Crippen LogP contribution < -0.4 is 5.32 Å². The predicted octanol–water partition coefficient (Wildman–Crippen LogP) is 2.42. The van der Waals surface area contributed by atoms with Crippen LogP contribution in [0.15, 0.2) is 0 Å². The Bertz CT molecular complexity index is 259. The smallest absolute Gasteiger partial charge is 0.0468 e. The molecule has 0 aromatic heterocycles. The van der Waals surface area contributed by atoms with Crippen molar-refractivity contribution >= 4 is 0 Å². The second-order valence-electron chi connectivity index (χ2n) is 7.04. The van der Waals surface area contributed by atoms with Gasteiger partial charge in [0.15, 0.2) is 0 Å².